The molecule has 1 saturated heterocycles. The van der Waals surface area contributed by atoms with Crippen LogP contribution in [0.5, 0.6) is 0 Å². The number of halogens is 1. The first-order valence-electron chi connectivity index (χ1n) is 11.9. The van der Waals surface area contributed by atoms with Crippen molar-refractivity contribution in [2.75, 3.05) is 13.1 Å². The number of sulfone groups is 1. The van der Waals surface area contributed by atoms with Gasteiger partial charge in [0.2, 0.25) is 11.8 Å². The van der Waals surface area contributed by atoms with Crippen LogP contribution in [0.2, 0.25) is 5.02 Å². The van der Waals surface area contributed by atoms with Crippen molar-refractivity contribution < 1.29 is 17.7 Å². The molecular weight excluding hydrogens is 476 g/mol. The summed E-state index contributed by atoms with van der Waals surface area (Å²) in [6.45, 7) is 8.48. The van der Waals surface area contributed by atoms with Crippen LogP contribution in [0.3, 0.4) is 0 Å². The monoisotopic (exact) mass is 508 g/mol. The van der Waals surface area contributed by atoms with E-state index in [9.17, 15) is 13.2 Å². The molecule has 1 aliphatic carbocycles. The molecule has 0 radical (unpaired) electrons. The first-order valence-corrected chi connectivity index (χ1v) is 13.9. The molecule has 1 N–H and O–H groups in total. The molecule has 2 aromatic rings. The highest BCUT2D eigenvalue weighted by molar-refractivity contribution is 7.90. The molecule has 2 aliphatic rings. The third-order valence-electron chi connectivity index (χ3n) is 7.10. The minimum atomic E-state index is -3.76. The van der Waals surface area contributed by atoms with E-state index in [0.717, 1.165) is 19.3 Å². The van der Waals surface area contributed by atoms with Crippen molar-refractivity contribution in [1.82, 2.24) is 20.4 Å². The van der Waals surface area contributed by atoms with Crippen LogP contribution >= 0.6 is 11.6 Å². The molecule has 8 nitrogen and oxygen atoms in total. The van der Waals surface area contributed by atoms with Gasteiger partial charge in [-0.05, 0) is 69.2 Å². The van der Waals surface area contributed by atoms with Crippen LogP contribution in [0.4, 0.5) is 0 Å². The van der Waals surface area contributed by atoms with Crippen molar-refractivity contribution in [2.24, 2.45) is 5.41 Å². The van der Waals surface area contributed by atoms with E-state index in [4.69, 9.17) is 16.1 Å². The molecule has 1 aromatic carbocycles. The Morgan fingerprint density at radius 3 is 2.68 bits per heavy atom. The molecule has 2 unspecified atom stereocenters. The minimum absolute atomic E-state index is 0.00794. The van der Waals surface area contributed by atoms with E-state index in [1.807, 2.05) is 0 Å². The Hall–Kier alpha value is -1.97. The van der Waals surface area contributed by atoms with Gasteiger partial charge in [-0.25, -0.2) is 8.42 Å². The number of aryl methyl sites for hydroxylation is 1. The molecule has 2 atom stereocenters. The zero-order valence-electron chi connectivity index (χ0n) is 20.0. The number of hydrogen-bond donors (Lipinski definition) is 1. The number of rotatable bonds is 7. The summed E-state index contributed by atoms with van der Waals surface area (Å²) in [5.41, 5.74) is 0.542. The van der Waals surface area contributed by atoms with E-state index in [1.165, 1.54) is 32.0 Å². The third kappa shape index (κ3) is 5.63. The Bertz CT molecular complexity index is 1120. The van der Waals surface area contributed by atoms with Gasteiger partial charge in [-0.15, -0.1) is 0 Å². The van der Waals surface area contributed by atoms with E-state index in [1.54, 1.807) is 19.1 Å². The number of aromatic nitrogens is 2. The van der Waals surface area contributed by atoms with Crippen LogP contribution in [-0.4, -0.2) is 54.5 Å². The predicted molar refractivity (Wildman–Crippen MR) is 129 cm³/mol. The first-order chi connectivity index (χ1) is 16.0. The molecule has 1 aromatic heterocycles. The Labute approximate surface area is 206 Å². The van der Waals surface area contributed by atoms with Gasteiger partial charge in [0, 0.05) is 12.1 Å². The number of carbonyl (C=O) groups excluding carboxylic acids is 1. The van der Waals surface area contributed by atoms with Gasteiger partial charge in [-0.3, -0.25) is 4.79 Å². The fraction of sp³-hybridized carbons (Fsp3) is 0.625. The third-order valence-corrected chi connectivity index (χ3v) is 9.33. The van der Waals surface area contributed by atoms with E-state index in [2.05, 4.69) is 34.2 Å². The standard InChI is InChI=1S/C24H33ClN4O4S/c1-16-7-6-8-18(25)23(16)34(31,32)15-20-27-22(33-28-20)13-21(30)26-19-10-9-17(14-24(19,2)3)29-11-4-5-12-29/h6-8,17,19H,4-5,9-15H2,1-3H3,(H,26,30). The topological polar surface area (TPSA) is 105 Å². The molecule has 2 fully saturated rings. The van der Waals surface area contributed by atoms with Gasteiger partial charge >= 0.3 is 0 Å². The summed E-state index contributed by atoms with van der Waals surface area (Å²) in [4.78, 5) is 19.5. The largest absolute Gasteiger partial charge is 0.352 e. The quantitative estimate of drug-likeness (QED) is 0.607. The normalized spacial score (nSPS) is 23.2. The van der Waals surface area contributed by atoms with Crippen LogP contribution in [0.15, 0.2) is 27.6 Å². The number of hydrogen-bond acceptors (Lipinski definition) is 7. The van der Waals surface area contributed by atoms with Crippen molar-refractivity contribution in [2.45, 2.75) is 82.0 Å². The Balaban J connectivity index is 1.34. The summed E-state index contributed by atoms with van der Waals surface area (Å²) in [5, 5.41) is 7.08. The van der Waals surface area contributed by atoms with E-state index < -0.39 is 15.6 Å². The molecule has 0 spiro atoms. The maximum absolute atomic E-state index is 12.8. The molecule has 186 valence electrons. The van der Waals surface area contributed by atoms with Crippen LogP contribution < -0.4 is 5.32 Å². The van der Waals surface area contributed by atoms with Gasteiger partial charge in [-0.1, -0.05) is 42.7 Å². The van der Waals surface area contributed by atoms with Crippen molar-refractivity contribution in [3.05, 3.63) is 40.5 Å². The Kier molecular flexibility index (Phi) is 7.36. The average Bonchev–Trinajstić information content (AvgIpc) is 3.41. The summed E-state index contributed by atoms with van der Waals surface area (Å²) in [6, 6.07) is 5.58. The molecule has 0 bridgehead atoms. The molecule has 1 amide bonds. The van der Waals surface area contributed by atoms with Gasteiger partial charge in [0.1, 0.15) is 12.2 Å². The van der Waals surface area contributed by atoms with E-state index >= 15 is 0 Å². The van der Waals surface area contributed by atoms with Crippen molar-refractivity contribution in [1.29, 1.82) is 0 Å². The zero-order chi connectivity index (χ0) is 24.5. The fourth-order valence-electron chi connectivity index (χ4n) is 5.34. The number of nitrogens with one attached hydrogen (secondary N) is 1. The van der Waals surface area contributed by atoms with Gasteiger partial charge < -0.3 is 14.7 Å². The summed E-state index contributed by atoms with van der Waals surface area (Å²) >= 11 is 6.12. The maximum atomic E-state index is 12.8. The summed E-state index contributed by atoms with van der Waals surface area (Å²) in [7, 11) is -3.76. The van der Waals surface area contributed by atoms with Crippen molar-refractivity contribution in [3.63, 3.8) is 0 Å². The molecule has 1 aliphatic heterocycles. The molecule has 2 heterocycles. The van der Waals surface area contributed by atoms with Crippen LogP contribution in [0.1, 0.15) is 63.2 Å². The van der Waals surface area contributed by atoms with Crippen LogP contribution in [0, 0.1) is 12.3 Å². The van der Waals surface area contributed by atoms with Gasteiger partial charge in [0.05, 0.1) is 9.92 Å². The average molecular weight is 509 g/mol. The summed E-state index contributed by atoms with van der Waals surface area (Å²) in [6.07, 6.45) is 5.55. The van der Waals surface area contributed by atoms with Gasteiger partial charge in [0.25, 0.3) is 0 Å². The highest BCUT2D eigenvalue weighted by Crippen LogP contribution is 2.38. The molecule has 1 saturated carbocycles. The fourth-order valence-corrected chi connectivity index (χ4v) is 7.44. The zero-order valence-corrected chi connectivity index (χ0v) is 21.6. The smallest absolute Gasteiger partial charge is 0.236 e. The number of nitrogens with zero attached hydrogens (tertiary/aromatic N) is 3. The van der Waals surface area contributed by atoms with Crippen LogP contribution in [-0.2, 0) is 26.8 Å². The minimum Gasteiger partial charge on any atom is -0.352 e. The molecule has 10 heteroatoms. The highest BCUT2D eigenvalue weighted by Gasteiger charge is 2.40. The van der Waals surface area contributed by atoms with Gasteiger partial charge in [-0.2, -0.15) is 4.98 Å². The first kappa shape index (κ1) is 25.1. The lowest BCUT2D eigenvalue weighted by Crippen LogP contribution is -2.52. The Morgan fingerprint density at radius 1 is 1.26 bits per heavy atom. The SMILES string of the molecule is Cc1cccc(Cl)c1S(=O)(=O)Cc1noc(CC(=O)NC2CCC(N3CCCC3)CC2(C)C)n1. The summed E-state index contributed by atoms with van der Waals surface area (Å²) < 4.78 is 30.9. The Morgan fingerprint density at radius 2 is 2.00 bits per heavy atom. The second-order valence-electron chi connectivity index (χ2n) is 10.2. The lowest BCUT2D eigenvalue weighted by Gasteiger charge is -2.45. The summed E-state index contributed by atoms with van der Waals surface area (Å²) in [5.74, 6) is -0.538. The number of benzene rings is 1. The van der Waals surface area contributed by atoms with Gasteiger partial charge in [0.15, 0.2) is 15.7 Å². The second-order valence-corrected chi connectivity index (χ2v) is 12.5. The van der Waals surface area contributed by atoms with E-state index in [-0.39, 0.29) is 45.4 Å². The van der Waals surface area contributed by atoms with Crippen molar-refractivity contribution in [3.8, 4) is 0 Å². The molecular formula is C24H33ClN4O4S. The van der Waals surface area contributed by atoms with E-state index in [0.29, 0.717) is 11.6 Å². The second kappa shape index (κ2) is 9.95. The highest BCUT2D eigenvalue weighted by atomic mass is 35.5. The molecule has 4 rings (SSSR count). The number of carbonyl (C=O) groups is 1. The number of likely N-dealkylation sites (tertiary alicyclic amines) is 1. The maximum Gasteiger partial charge on any atom is 0.236 e. The molecule has 34 heavy (non-hydrogen) atoms. The van der Waals surface area contributed by atoms with Crippen LogP contribution in [0.25, 0.3) is 0 Å². The van der Waals surface area contributed by atoms with Crippen molar-refractivity contribution >= 4 is 27.3 Å². The predicted octanol–water partition coefficient (Wildman–Crippen LogP) is 3.71. The number of amides is 1. The lowest BCUT2D eigenvalue weighted by atomic mass is 9.70. The lowest BCUT2D eigenvalue weighted by molar-refractivity contribution is -0.123.